The minimum absolute atomic E-state index is 0.116. The van der Waals surface area contributed by atoms with Crippen LogP contribution in [-0.4, -0.2) is 51.6 Å². The molecule has 1 aromatic carbocycles. The van der Waals surface area contributed by atoms with Crippen LogP contribution in [0.4, 0.5) is 0 Å². The van der Waals surface area contributed by atoms with Gasteiger partial charge in [0.2, 0.25) is 0 Å². The Bertz CT molecular complexity index is 1000. The second-order valence-electron chi connectivity index (χ2n) is 7.34. The SMILES string of the molecule is CCOP(=O)(OCC)C1=C(c2ccccc2)[C@@H]2[C@H]1[C@@H]1O[C@H]2C(C(=O)OC)=C1C(=O)OC. The van der Waals surface area contributed by atoms with Crippen molar-refractivity contribution in [1.29, 1.82) is 0 Å². The Labute approximate surface area is 180 Å². The van der Waals surface area contributed by atoms with Gasteiger partial charge in [-0.05, 0) is 25.0 Å². The number of carbonyl (C=O) groups excluding carboxylic acids is 2. The van der Waals surface area contributed by atoms with Gasteiger partial charge in [0.1, 0.15) is 0 Å². The summed E-state index contributed by atoms with van der Waals surface area (Å²) < 4.78 is 41.1. The molecule has 0 spiro atoms. The van der Waals surface area contributed by atoms with Gasteiger partial charge in [0.05, 0.1) is 56.1 Å². The Kier molecular flexibility index (Phi) is 5.92. The number of rotatable bonds is 8. The van der Waals surface area contributed by atoms with Crippen LogP contribution >= 0.6 is 7.60 Å². The molecule has 2 heterocycles. The third-order valence-electron chi connectivity index (χ3n) is 5.91. The molecule has 31 heavy (non-hydrogen) atoms. The van der Waals surface area contributed by atoms with E-state index in [1.54, 1.807) is 13.8 Å². The van der Waals surface area contributed by atoms with Gasteiger partial charge in [0, 0.05) is 11.8 Å². The van der Waals surface area contributed by atoms with Gasteiger partial charge in [-0.15, -0.1) is 0 Å². The van der Waals surface area contributed by atoms with Crippen LogP contribution in [0.15, 0.2) is 46.8 Å². The first-order valence-corrected chi connectivity index (χ1v) is 11.7. The van der Waals surface area contributed by atoms with Gasteiger partial charge in [-0.1, -0.05) is 30.3 Å². The van der Waals surface area contributed by atoms with E-state index in [1.807, 2.05) is 30.3 Å². The third-order valence-corrected chi connectivity index (χ3v) is 8.23. The molecule has 4 rings (SSSR count). The van der Waals surface area contributed by atoms with E-state index in [9.17, 15) is 14.2 Å². The number of hydrogen-bond acceptors (Lipinski definition) is 8. The zero-order valence-corrected chi connectivity index (χ0v) is 18.7. The number of esters is 2. The maximum atomic E-state index is 13.8. The normalized spacial score (nSPS) is 26.6. The van der Waals surface area contributed by atoms with Crippen LogP contribution in [0, 0.1) is 11.8 Å². The molecule has 0 N–H and O–H groups in total. The molecule has 2 bridgehead atoms. The first-order chi connectivity index (χ1) is 14.9. The van der Waals surface area contributed by atoms with Crippen molar-refractivity contribution in [2.24, 2.45) is 11.8 Å². The zero-order chi connectivity index (χ0) is 22.3. The topological polar surface area (TPSA) is 97.4 Å². The number of benzene rings is 1. The standard InChI is InChI=1S/C22H25O8P/c1-5-28-31(25,29-6-2)20-13(12-10-8-7-9-11-12)14-15(20)19-17(22(24)27-4)16(18(14)30-19)21(23)26-3/h7-11,14-15,18-19H,5-6H2,1-4H3/t14-,15+,18-,19+/m1/s1. The van der Waals surface area contributed by atoms with E-state index in [-0.39, 0.29) is 30.3 Å². The second-order valence-corrected chi connectivity index (χ2v) is 9.33. The Balaban J connectivity index is 1.89. The van der Waals surface area contributed by atoms with Gasteiger partial charge >= 0.3 is 19.5 Å². The number of ether oxygens (including phenoxy) is 3. The molecule has 0 unspecified atom stereocenters. The molecule has 0 saturated carbocycles. The first kappa shape index (κ1) is 22.0. The highest BCUT2D eigenvalue weighted by Crippen LogP contribution is 2.74. The maximum Gasteiger partial charge on any atom is 0.358 e. The minimum atomic E-state index is -3.65. The smallest absolute Gasteiger partial charge is 0.358 e. The van der Waals surface area contributed by atoms with Crippen LogP contribution < -0.4 is 0 Å². The molecule has 4 atom stereocenters. The van der Waals surface area contributed by atoms with Gasteiger partial charge in [0.25, 0.3) is 0 Å². The van der Waals surface area contributed by atoms with E-state index in [1.165, 1.54) is 14.2 Å². The van der Waals surface area contributed by atoms with E-state index in [0.29, 0.717) is 5.31 Å². The predicted octanol–water partition coefficient (Wildman–Crippen LogP) is 3.33. The van der Waals surface area contributed by atoms with Gasteiger partial charge < -0.3 is 23.3 Å². The second kappa shape index (κ2) is 8.36. The van der Waals surface area contributed by atoms with E-state index in [2.05, 4.69) is 0 Å². The lowest BCUT2D eigenvalue weighted by atomic mass is 9.63. The maximum absolute atomic E-state index is 13.8. The van der Waals surface area contributed by atoms with E-state index < -0.39 is 37.7 Å². The summed E-state index contributed by atoms with van der Waals surface area (Å²) in [5, 5.41) is 0.505. The fourth-order valence-corrected chi connectivity index (χ4v) is 7.15. The average molecular weight is 448 g/mol. The minimum Gasteiger partial charge on any atom is -0.466 e. The van der Waals surface area contributed by atoms with Crippen LogP contribution in [0.1, 0.15) is 19.4 Å². The molecule has 0 amide bonds. The lowest BCUT2D eigenvalue weighted by molar-refractivity contribution is -0.139. The van der Waals surface area contributed by atoms with Crippen molar-refractivity contribution in [2.45, 2.75) is 26.1 Å². The van der Waals surface area contributed by atoms with Crippen molar-refractivity contribution in [2.75, 3.05) is 27.4 Å². The first-order valence-electron chi connectivity index (χ1n) is 10.2. The molecule has 3 aliphatic rings. The average Bonchev–Trinajstić information content (AvgIpc) is 3.25. The van der Waals surface area contributed by atoms with Gasteiger partial charge in [-0.25, -0.2) is 9.59 Å². The monoisotopic (exact) mass is 448 g/mol. The summed E-state index contributed by atoms with van der Waals surface area (Å²) in [4.78, 5) is 25.1. The lowest BCUT2D eigenvalue weighted by Gasteiger charge is -2.44. The molecule has 166 valence electrons. The molecule has 8 nitrogen and oxygen atoms in total. The highest BCUT2D eigenvalue weighted by Gasteiger charge is 2.68. The van der Waals surface area contributed by atoms with Crippen molar-refractivity contribution < 1.29 is 37.4 Å². The summed E-state index contributed by atoms with van der Waals surface area (Å²) in [5.74, 6) is -2.00. The van der Waals surface area contributed by atoms with Crippen molar-refractivity contribution in [1.82, 2.24) is 0 Å². The van der Waals surface area contributed by atoms with Crippen molar-refractivity contribution in [3.05, 3.63) is 52.4 Å². The number of methoxy groups -OCH3 is 2. The highest BCUT2D eigenvalue weighted by molar-refractivity contribution is 7.59. The summed E-state index contributed by atoms with van der Waals surface area (Å²) in [7, 11) is -1.15. The Hall–Kier alpha value is -2.25. The fraction of sp³-hybridized carbons (Fsp3) is 0.455. The predicted molar refractivity (Wildman–Crippen MR) is 111 cm³/mol. The van der Waals surface area contributed by atoms with Crippen LogP contribution in [0.2, 0.25) is 0 Å². The molecule has 1 saturated heterocycles. The summed E-state index contributed by atoms with van der Waals surface area (Å²) in [5.41, 5.74) is 1.90. The van der Waals surface area contributed by atoms with Crippen LogP contribution in [-0.2, 0) is 37.4 Å². The number of fused-ring (bicyclic) bond motifs is 5. The van der Waals surface area contributed by atoms with E-state index in [0.717, 1.165) is 11.1 Å². The number of carbonyl (C=O) groups is 2. The van der Waals surface area contributed by atoms with Crippen LogP contribution in [0.25, 0.3) is 5.57 Å². The van der Waals surface area contributed by atoms with E-state index >= 15 is 0 Å². The van der Waals surface area contributed by atoms with Gasteiger partial charge in [-0.3, -0.25) is 4.57 Å². The molecule has 0 aromatic heterocycles. The summed E-state index contributed by atoms with van der Waals surface area (Å²) in [6.45, 7) is 3.89. The molecular formula is C22H25O8P. The molecule has 1 fully saturated rings. The number of hydrogen-bond donors (Lipinski definition) is 0. The molecule has 1 aromatic rings. The van der Waals surface area contributed by atoms with Gasteiger partial charge in [0.15, 0.2) is 0 Å². The van der Waals surface area contributed by atoms with Crippen LogP contribution in [0.5, 0.6) is 0 Å². The zero-order valence-electron chi connectivity index (χ0n) is 17.8. The van der Waals surface area contributed by atoms with Crippen LogP contribution in [0.3, 0.4) is 0 Å². The van der Waals surface area contributed by atoms with E-state index in [4.69, 9.17) is 23.3 Å². The summed E-state index contributed by atoms with van der Waals surface area (Å²) in [6, 6.07) is 9.46. The molecular weight excluding hydrogens is 423 g/mol. The Morgan fingerprint density at radius 2 is 1.42 bits per heavy atom. The lowest BCUT2D eigenvalue weighted by Crippen LogP contribution is -2.43. The fourth-order valence-electron chi connectivity index (χ4n) is 4.88. The third kappa shape index (κ3) is 3.21. The van der Waals surface area contributed by atoms with Crippen molar-refractivity contribution in [3.63, 3.8) is 0 Å². The molecule has 1 aliphatic carbocycles. The quantitative estimate of drug-likeness (QED) is 0.441. The van der Waals surface area contributed by atoms with Crippen molar-refractivity contribution >= 4 is 25.1 Å². The molecule has 2 aliphatic heterocycles. The summed E-state index contributed by atoms with van der Waals surface area (Å²) in [6.07, 6.45) is -1.49. The largest absolute Gasteiger partial charge is 0.466 e. The highest BCUT2D eigenvalue weighted by atomic mass is 31.2. The molecule has 0 radical (unpaired) electrons. The Morgan fingerprint density at radius 3 is 1.90 bits per heavy atom. The Morgan fingerprint density at radius 1 is 0.903 bits per heavy atom. The van der Waals surface area contributed by atoms with Crippen molar-refractivity contribution in [3.8, 4) is 0 Å². The summed E-state index contributed by atoms with van der Waals surface area (Å²) >= 11 is 0. The molecule has 9 heteroatoms. The van der Waals surface area contributed by atoms with Gasteiger partial charge in [-0.2, -0.15) is 0 Å².